The number of hydrogen-bond donors (Lipinski definition) is 2. The van der Waals surface area contributed by atoms with Crippen LogP contribution in [0.5, 0.6) is 0 Å². The summed E-state index contributed by atoms with van der Waals surface area (Å²) in [5.74, 6) is -1.01. The predicted molar refractivity (Wildman–Crippen MR) is 92.9 cm³/mol. The summed E-state index contributed by atoms with van der Waals surface area (Å²) in [5.41, 5.74) is 0.788. The molecule has 2 aromatic rings. The van der Waals surface area contributed by atoms with Crippen molar-refractivity contribution in [1.29, 1.82) is 0 Å². The van der Waals surface area contributed by atoms with Crippen molar-refractivity contribution >= 4 is 21.6 Å². The molecule has 3 rings (SSSR count). The summed E-state index contributed by atoms with van der Waals surface area (Å²) in [5, 5.41) is 9.75. The van der Waals surface area contributed by atoms with Crippen LogP contribution in [0.3, 0.4) is 0 Å². The molecule has 25 heavy (non-hydrogen) atoms. The van der Waals surface area contributed by atoms with Gasteiger partial charge in [-0.25, -0.2) is 17.5 Å². The van der Waals surface area contributed by atoms with Gasteiger partial charge in [-0.2, -0.15) is 0 Å². The van der Waals surface area contributed by atoms with Gasteiger partial charge in [0.15, 0.2) is 0 Å². The molecule has 0 saturated heterocycles. The second-order valence-electron chi connectivity index (χ2n) is 6.23. The summed E-state index contributed by atoms with van der Waals surface area (Å²) >= 11 is 5.97. The molecule has 1 saturated carbocycles. The number of aliphatic hydroxyl groups is 1. The summed E-state index contributed by atoms with van der Waals surface area (Å²) in [6.45, 7) is 0. The van der Waals surface area contributed by atoms with E-state index in [1.165, 1.54) is 12.1 Å². The Labute approximate surface area is 150 Å². The monoisotopic (exact) mass is 384 g/mol. The first-order valence-electron chi connectivity index (χ1n) is 7.87. The SMILES string of the molecule is O=S(=O)(Cc1cc(F)ccc1Cl)NC(c1ccccn1)C1CC(O)C1. The van der Waals surface area contributed by atoms with Crippen molar-refractivity contribution in [2.24, 2.45) is 5.92 Å². The van der Waals surface area contributed by atoms with Gasteiger partial charge in [-0.15, -0.1) is 0 Å². The van der Waals surface area contributed by atoms with E-state index >= 15 is 0 Å². The third-order valence-electron chi connectivity index (χ3n) is 4.29. The summed E-state index contributed by atoms with van der Waals surface area (Å²) in [6.07, 6.45) is 2.18. The van der Waals surface area contributed by atoms with Crippen molar-refractivity contribution < 1.29 is 17.9 Å². The molecule has 1 fully saturated rings. The fourth-order valence-electron chi connectivity index (χ4n) is 2.95. The zero-order chi connectivity index (χ0) is 18.0. The molecule has 1 heterocycles. The lowest BCUT2D eigenvalue weighted by atomic mass is 9.76. The van der Waals surface area contributed by atoms with Gasteiger partial charge in [0, 0.05) is 11.2 Å². The Kier molecular flexibility index (Phi) is 5.38. The van der Waals surface area contributed by atoms with E-state index < -0.39 is 33.7 Å². The van der Waals surface area contributed by atoms with E-state index in [1.54, 1.807) is 24.4 Å². The fourth-order valence-corrected chi connectivity index (χ4v) is 4.65. The van der Waals surface area contributed by atoms with Crippen LogP contribution in [-0.2, 0) is 15.8 Å². The predicted octanol–water partition coefficient (Wildman–Crippen LogP) is 2.81. The molecule has 0 radical (unpaired) electrons. The summed E-state index contributed by atoms with van der Waals surface area (Å²) in [4.78, 5) is 4.24. The first-order chi connectivity index (χ1) is 11.8. The molecule has 1 unspecified atom stereocenters. The number of rotatable bonds is 6. The molecule has 1 aliphatic rings. The Hall–Kier alpha value is -1.54. The standard InChI is InChI=1S/C17H18ClFN2O3S/c18-15-5-4-13(19)7-12(15)10-25(23,24)21-17(11-8-14(22)9-11)16-3-1-2-6-20-16/h1-7,11,14,17,21-22H,8-10H2. The lowest BCUT2D eigenvalue weighted by molar-refractivity contribution is 0.0273. The third kappa shape index (κ3) is 4.55. The zero-order valence-corrected chi connectivity index (χ0v) is 14.8. The first kappa shape index (κ1) is 18.3. The number of hydrogen-bond acceptors (Lipinski definition) is 4. The van der Waals surface area contributed by atoms with Crippen LogP contribution in [-0.4, -0.2) is 24.6 Å². The van der Waals surface area contributed by atoms with Crippen LogP contribution >= 0.6 is 11.6 Å². The fraction of sp³-hybridized carbons (Fsp3) is 0.353. The Bertz CT molecular complexity index is 842. The molecule has 0 aliphatic heterocycles. The van der Waals surface area contributed by atoms with E-state index in [0.717, 1.165) is 6.07 Å². The van der Waals surface area contributed by atoms with Gasteiger partial charge < -0.3 is 5.11 Å². The highest BCUT2D eigenvalue weighted by Gasteiger charge is 2.37. The van der Waals surface area contributed by atoms with Crippen LogP contribution in [0.25, 0.3) is 0 Å². The van der Waals surface area contributed by atoms with E-state index in [0.29, 0.717) is 18.5 Å². The Morgan fingerprint density at radius 2 is 2.08 bits per heavy atom. The zero-order valence-electron chi connectivity index (χ0n) is 13.3. The smallest absolute Gasteiger partial charge is 0.216 e. The molecule has 0 bridgehead atoms. The summed E-state index contributed by atoms with van der Waals surface area (Å²) in [7, 11) is -3.78. The quantitative estimate of drug-likeness (QED) is 0.802. The lowest BCUT2D eigenvalue weighted by Gasteiger charge is -2.37. The van der Waals surface area contributed by atoms with Crippen molar-refractivity contribution in [3.8, 4) is 0 Å². The van der Waals surface area contributed by atoms with Crippen molar-refractivity contribution in [3.05, 3.63) is 64.7 Å². The van der Waals surface area contributed by atoms with Crippen LogP contribution in [0.1, 0.15) is 30.1 Å². The Morgan fingerprint density at radius 1 is 1.32 bits per heavy atom. The van der Waals surface area contributed by atoms with Crippen molar-refractivity contribution in [2.45, 2.75) is 30.7 Å². The number of sulfonamides is 1. The van der Waals surface area contributed by atoms with E-state index in [4.69, 9.17) is 11.6 Å². The summed E-state index contributed by atoms with van der Waals surface area (Å²) in [6, 6.07) is 8.36. The number of aromatic nitrogens is 1. The molecule has 0 amide bonds. The van der Waals surface area contributed by atoms with Gasteiger partial charge >= 0.3 is 0 Å². The topological polar surface area (TPSA) is 79.3 Å². The van der Waals surface area contributed by atoms with Gasteiger partial charge in [-0.3, -0.25) is 4.98 Å². The number of aliphatic hydroxyl groups excluding tert-OH is 1. The van der Waals surface area contributed by atoms with E-state index in [2.05, 4.69) is 9.71 Å². The largest absolute Gasteiger partial charge is 0.393 e. The Balaban J connectivity index is 1.81. The van der Waals surface area contributed by atoms with Gasteiger partial charge in [0.05, 0.1) is 23.6 Å². The highest BCUT2D eigenvalue weighted by molar-refractivity contribution is 7.88. The third-order valence-corrected chi connectivity index (χ3v) is 5.96. The molecule has 0 spiro atoms. The van der Waals surface area contributed by atoms with Crippen LogP contribution in [0.2, 0.25) is 5.02 Å². The average molecular weight is 385 g/mol. The van der Waals surface area contributed by atoms with E-state index in [9.17, 15) is 17.9 Å². The van der Waals surface area contributed by atoms with E-state index in [1.807, 2.05) is 0 Å². The molecular weight excluding hydrogens is 367 g/mol. The maximum absolute atomic E-state index is 13.4. The second-order valence-corrected chi connectivity index (χ2v) is 8.39. The molecule has 1 atom stereocenters. The number of nitrogens with one attached hydrogen (secondary N) is 1. The van der Waals surface area contributed by atoms with Gasteiger partial charge in [-0.05, 0) is 54.7 Å². The maximum Gasteiger partial charge on any atom is 0.216 e. The molecule has 1 aromatic carbocycles. The molecule has 8 heteroatoms. The van der Waals surface area contributed by atoms with Gasteiger partial charge in [0.1, 0.15) is 5.82 Å². The Morgan fingerprint density at radius 3 is 2.72 bits per heavy atom. The number of nitrogens with zero attached hydrogens (tertiary/aromatic N) is 1. The number of pyridine rings is 1. The normalized spacial score (nSPS) is 21.6. The highest BCUT2D eigenvalue weighted by atomic mass is 35.5. The van der Waals surface area contributed by atoms with Crippen LogP contribution in [0.15, 0.2) is 42.6 Å². The minimum Gasteiger partial charge on any atom is -0.393 e. The van der Waals surface area contributed by atoms with Crippen molar-refractivity contribution in [3.63, 3.8) is 0 Å². The van der Waals surface area contributed by atoms with Gasteiger partial charge in [0.25, 0.3) is 0 Å². The molecule has 5 nitrogen and oxygen atoms in total. The average Bonchev–Trinajstić information content (AvgIpc) is 2.54. The van der Waals surface area contributed by atoms with Gasteiger partial charge in [-0.1, -0.05) is 17.7 Å². The lowest BCUT2D eigenvalue weighted by Crippen LogP contribution is -2.42. The van der Waals surface area contributed by atoms with Crippen LogP contribution < -0.4 is 4.72 Å². The van der Waals surface area contributed by atoms with E-state index in [-0.39, 0.29) is 16.5 Å². The molecular formula is C17H18ClFN2O3S. The second kappa shape index (κ2) is 7.37. The molecule has 1 aromatic heterocycles. The van der Waals surface area contributed by atoms with Gasteiger partial charge in [0.2, 0.25) is 10.0 Å². The highest BCUT2D eigenvalue weighted by Crippen LogP contribution is 2.38. The molecule has 1 aliphatic carbocycles. The first-order valence-corrected chi connectivity index (χ1v) is 9.90. The summed E-state index contributed by atoms with van der Waals surface area (Å²) < 4.78 is 41.2. The molecule has 2 N–H and O–H groups in total. The molecule has 134 valence electrons. The van der Waals surface area contributed by atoms with Crippen LogP contribution in [0, 0.1) is 11.7 Å². The number of halogens is 2. The maximum atomic E-state index is 13.4. The number of benzene rings is 1. The van der Waals surface area contributed by atoms with Crippen LogP contribution in [0.4, 0.5) is 4.39 Å². The van der Waals surface area contributed by atoms with Crippen molar-refractivity contribution in [1.82, 2.24) is 9.71 Å². The minimum atomic E-state index is -3.78. The minimum absolute atomic E-state index is 0.0392. The van der Waals surface area contributed by atoms with Crippen molar-refractivity contribution in [2.75, 3.05) is 0 Å².